The van der Waals surface area contributed by atoms with Crippen LogP contribution < -0.4 is 0 Å². The summed E-state index contributed by atoms with van der Waals surface area (Å²) in [6.45, 7) is 3.20. The molecule has 0 bridgehead atoms. The van der Waals surface area contributed by atoms with E-state index in [1.807, 2.05) is 0 Å². The summed E-state index contributed by atoms with van der Waals surface area (Å²) in [6, 6.07) is 0. The standard InChI is InChI=1S/C17H34O/c1-3-4-5-6-7-8-9-10-11-12-13-14-15-16-17-18-2/h8-9H,3-7,10-17H2,1-2H3/b9-8+. The number of methoxy groups -OCH3 is 1. The molecule has 0 unspecified atom stereocenters. The van der Waals surface area contributed by atoms with Gasteiger partial charge in [0, 0.05) is 13.7 Å². The second-order valence-electron chi connectivity index (χ2n) is 5.22. The first-order valence-electron chi connectivity index (χ1n) is 8.05. The predicted molar refractivity (Wildman–Crippen MR) is 82.1 cm³/mol. The first kappa shape index (κ1) is 17.7. The Bertz CT molecular complexity index is 163. The van der Waals surface area contributed by atoms with Crippen LogP contribution in [-0.4, -0.2) is 13.7 Å². The van der Waals surface area contributed by atoms with Gasteiger partial charge in [-0.15, -0.1) is 0 Å². The van der Waals surface area contributed by atoms with Crippen molar-refractivity contribution in [3.8, 4) is 0 Å². The van der Waals surface area contributed by atoms with Crippen molar-refractivity contribution in [3.05, 3.63) is 12.2 Å². The Kier molecular flexibility index (Phi) is 16.4. The summed E-state index contributed by atoms with van der Waals surface area (Å²) in [4.78, 5) is 0. The third kappa shape index (κ3) is 15.7. The van der Waals surface area contributed by atoms with Gasteiger partial charge in [-0.2, -0.15) is 0 Å². The SMILES string of the molecule is CCCCCC/C=C/CCCCCCCCOC. The minimum Gasteiger partial charge on any atom is -0.385 e. The van der Waals surface area contributed by atoms with E-state index >= 15 is 0 Å². The van der Waals surface area contributed by atoms with Crippen molar-refractivity contribution in [1.82, 2.24) is 0 Å². The Balaban J connectivity index is 2.99. The van der Waals surface area contributed by atoms with Crippen LogP contribution in [0.15, 0.2) is 12.2 Å². The van der Waals surface area contributed by atoms with Crippen molar-refractivity contribution in [2.75, 3.05) is 13.7 Å². The maximum Gasteiger partial charge on any atom is 0.0462 e. The third-order valence-electron chi connectivity index (χ3n) is 3.36. The van der Waals surface area contributed by atoms with Crippen LogP contribution in [0.2, 0.25) is 0 Å². The third-order valence-corrected chi connectivity index (χ3v) is 3.36. The molecule has 108 valence electrons. The zero-order valence-electron chi connectivity index (χ0n) is 12.8. The van der Waals surface area contributed by atoms with Gasteiger partial charge in [0.1, 0.15) is 0 Å². The molecule has 1 nitrogen and oxygen atoms in total. The van der Waals surface area contributed by atoms with E-state index in [1.165, 1.54) is 77.0 Å². The summed E-state index contributed by atoms with van der Waals surface area (Å²) < 4.78 is 5.04. The average molecular weight is 254 g/mol. The molecular formula is C17H34O. The first-order valence-corrected chi connectivity index (χ1v) is 8.05. The molecule has 0 rings (SSSR count). The fourth-order valence-electron chi connectivity index (χ4n) is 2.14. The molecule has 0 aromatic carbocycles. The van der Waals surface area contributed by atoms with E-state index in [0.29, 0.717) is 0 Å². The van der Waals surface area contributed by atoms with E-state index in [0.717, 1.165) is 6.61 Å². The van der Waals surface area contributed by atoms with Crippen molar-refractivity contribution in [3.63, 3.8) is 0 Å². The van der Waals surface area contributed by atoms with Gasteiger partial charge in [0.15, 0.2) is 0 Å². The molecule has 0 amide bonds. The van der Waals surface area contributed by atoms with Crippen LogP contribution in [0.3, 0.4) is 0 Å². The summed E-state index contributed by atoms with van der Waals surface area (Å²) in [6.07, 6.45) is 21.0. The van der Waals surface area contributed by atoms with Gasteiger partial charge in [0.05, 0.1) is 0 Å². The zero-order valence-corrected chi connectivity index (χ0v) is 12.8. The second-order valence-corrected chi connectivity index (χ2v) is 5.22. The summed E-state index contributed by atoms with van der Waals surface area (Å²) in [5.41, 5.74) is 0. The molecule has 0 radical (unpaired) electrons. The summed E-state index contributed by atoms with van der Waals surface area (Å²) in [7, 11) is 1.79. The number of allylic oxidation sites excluding steroid dienone is 2. The predicted octanol–water partition coefficient (Wildman–Crippen LogP) is 5.89. The van der Waals surface area contributed by atoms with Crippen molar-refractivity contribution < 1.29 is 4.74 Å². The lowest BCUT2D eigenvalue weighted by Crippen LogP contribution is -1.88. The Morgan fingerprint density at radius 2 is 1.17 bits per heavy atom. The van der Waals surface area contributed by atoms with E-state index < -0.39 is 0 Å². The van der Waals surface area contributed by atoms with Crippen molar-refractivity contribution in [1.29, 1.82) is 0 Å². The number of rotatable bonds is 14. The van der Waals surface area contributed by atoms with Crippen LogP contribution in [0.4, 0.5) is 0 Å². The molecule has 0 saturated carbocycles. The Hall–Kier alpha value is -0.300. The zero-order chi connectivity index (χ0) is 13.3. The lowest BCUT2D eigenvalue weighted by molar-refractivity contribution is 0.192. The fraction of sp³-hybridized carbons (Fsp3) is 0.882. The van der Waals surface area contributed by atoms with E-state index in [4.69, 9.17) is 4.74 Å². The summed E-state index contributed by atoms with van der Waals surface area (Å²) >= 11 is 0. The highest BCUT2D eigenvalue weighted by Crippen LogP contribution is 2.08. The van der Waals surface area contributed by atoms with Gasteiger partial charge in [-0.25, -0.2) is 0 Å². The normalized spacial score (nSPS) is 11.4. The average Bonchev–Trinajstić information content (AvgIpc) is 2.39. The highest BCUT2D eigenvalue weighted by atomic mass is 16.5. The molecule has 0 aromatic heterocycles. The maximum atomic E-state index is 5.04. The molecule has 18 heavy (non-hydrogen) atoms. The molecule has 0 heterocycles. The van der Waals surface area contributed by atoms with Gasteiger partial charge in [0.2, 0.25) is 0 Å². The van der Waals surface area contributed by atoms with Crippen molar-refractivity contribution in [2.24, 2.45) is 0 Å². The fourth-order valence-corrected chi connectivity index (χ4v) is 2.14. The molecule has 0 atom stereocenters. The Morgan fingerprint density at radius 1 is 0.667 bits per heavy atom. The number of hydrogen-bond acceptors (Lipinski definition) is 1. The molecule has 0 N–H and O–H groups in total. The molecule has 0 saturated heterocycles. The second kappa shape index (κ2) is 16.7. The van der Waals surface area contributed by atoms with Crippen LogP contribution in [-0.2, 0) is 4.74 Å². The smallest absolute Gasteiger partial charge is 0.0462 e. The van der Waals surface area contributed by atoms with Gasteiger partial charge >= 0.3 is 0 Å². The van der Waals surface area contributed by atoms with E-state index in [-0.39, 0.29) is 0 Å². The van der Waals surface area contributed by atoms with Gasteiger partial charge in [-0.1, -0.05) is 64.0 Å². The number of ether oxygens (including phenoxy) is 1. The van der Waals surface area contributed by atoms with Gasteiger partial charge < -0.3 is 4.74 Å². The summed E-state index contributed by atoms with van der Waals surface area (Å²) in [5, 5.41) is 0. The van der Waals surface area contributed by atoms with Gasteiger partial charge in [0.25, 0.3) is 0 Å². The number of unbranched alkanes of at least 4 members (excludes halogenated alkanes) is 10. The van der Waals surface area contributed by atoms with Crippen molar-refractivity contribution >= 4 is 0 Å². The van der Waals surface area contributed by atoms with Crippen LogP contribution in [0.25, 0.3) is 0 Å². The van der Waals surface area contributed by atoms with Gasteiger partial charge in [-0.3, -0.25) is 0 Å². The topological polar surface area (TPSA) is 9.23 Å². The van der Waals surface area contributed by atoms with Crippen LogP contribution >= 0.6 is 0 Å². The molecule has 0 spiro atoms. The van der Waals surface area contributed by atoms with Crippen LogP contribution in [0.5, 0.6) is 0 Å². The molecule has 0 aromatic rings. The van der Waals surface area contributed by atoms with E-state index in [9.17, 15) is 0 Å². The maximum absolute atomic E-state index is 5.04. The van der Waals surface area contributed by atoms with Gasteiger partial charge in [-0.05, 0) is 32.1 Å². The molecule has 0 fully saturated rings. The quantitative estimate of drug-likeness (QED) is 0.277. The molecular weight excluding hydrogens is 220 g/mol. The van der Waals surface area contributed by atoms with Crippen LogP contribution in [0.1, 0.15) is 84.0 Å². The highest BCUT2D eigenvalue weighted by Gasteiger charge is 1.90. The van der Waals surface area contributed by atoms with E-state index in [2.05, 4.69) is 19.1 Å². The van der Waals surface area contributed by atoms with Crippen LogP contribution in [0, 0.1) is 0 Å². The van der Waals surface area contributed by atoms with Crippen molar-refractivity contribution in [2.45, 2.75) is 84.0 Å². The lowest BCUT2D eigenvalue weighted by atomic mass is 10.1. The number of hydrogen-bond donors (Lipinski definition) is 0. The largest absolute Gasteiger partial charge is 0.385 e. The monoisotopic (exact) mass is 254 g/mol. The lowest BCUT2D eigenvalue weighted by Gasteiger charge is -2.00. The minimum atomic E-state index is 0.931. The van der Waals surface area contributed by atoms with E-state index in [1.54, 1.807) is 7.11 Å². The molecule has 0 aliphatic carbocycles. The molecule has 0 aliphatic heterocycles. The summed E-state index contributed by atoms with van der Waals surface area (Å²) in [5.74, 6) is 0. The Morgan fingerprint density at radius 3 is 1.72 bits per heavy atom. The molecule has 0 aliphatic rings. The molecule has 1 heteroatoms. The Labute approximate surface area is 115 Å². The minimum absolute atomic E-state index is 0.931. The highest BCUT2D eigenvalue weighted by molar-refractivity contribution is 4.81. The first-order chi connectivity index (χ1) is 8.91.